The molecule has 23 heavy (non-hydrogen) atoms. The van der Waals surface area contributed by atoms with Gasteiger partial charge in [-0.3, -0.25) is 4.90 Å². The molecule has 1 fully saturated rings. The minimum Gasteiger partial charge on any atom is -0.369 e. The van der Waals surface area contributed by atoms with Crippen LogP contribution in [0.15, 0.2) is 54.6 Å². The van der Waals surface area contributed by atoms with E-state index in [1.165, 1.54) is 25.0 Å². The number of rotatable bonds is 3. The van der Waals surface area contributed by atoms with E-state index >= 15 is 0 Å². The summed E-state index contributed by atoms with van der Waals surface area (Å²) in [5, 5.41) is 11.2. The van der Waals surface area contributed by atoms with Crippen LogP contribution in [0.4, 0.5) is 4.39 Å². The van der Waals surface area contributed by atoms with Gasteiger partial charge < -0.3 is 5.11 Å². The third kappa shape index (κ3) is 3.61. The van der Waals surface area contributed by atoms with E-state index in [9.17, 15) is 9.50 Å². The number of likely N-dealkylation sites (tertiary alicyclic amines) is 1. The molecule has 0 bridgehead atoms. The van der Waals surface area contributed by atoms with E-state index in [4.69, 9.17) is 0 Å². The van der Waals surface area contributed by atoms with Crippen LogP contribution in [0.1, 0.15) is 24.0 Å². The van der Waals surface area contributed by atoms with Gasteiger partial charge in [0.2, 0.25) is 0 Å². The molecule has 118 valence electrons. The summed E-state index contributed by atoms with van der Waals surface area (Å²) in [6, 6.07) is 15.2. The fraction of sp³-hybridized carbons (Fsp3) is 0.300. The van der Waals surface area contributed by atoms with Crippen LogP contribution in [0.25, 0.3) is 0 Å². The van der Waals surface area contributed by atoms with Gasteiger partial charge in [0.05, 0.1) is 6.54 Å². The van der Waals surface area contributed by atoms with Crippen molar-refractivity contribution in [3.63, 3.8) is 0 Å². The van der Waals surface area contributed by atoms with Crippen LogP contribution in [0.3, 0.4) is 0 Å². The van der Waals surface area contributed by atoms with E-state index in [2.05, 4.69) is 16.7 Å². The van der Waals surface area contributed by atoms with Gasteiger partial charge >= 0.3 is 0 Å². The molecule has 0 saturated carbocycles. The van der Waals surface area contributed by atoms with Gasteiger partial charge in [-0.2, -0.15) is 0 Å². The molecule has 0 aromatic heterocycles. The van der Waals surface area contributed by atoms with Gasteiger partial charge in [0.25, 0.3) is 0 Å². The summed E-state index contributed by atoms with van der Waals surface area (Å²) in [6.07, 6.45) is 2.41. The predicted octanol–water partition coefficient (Wildman–Crippen LogP) is 3.16. The highest BCUT2D eigenvalue weighted by molar-refractivity contribution is 5.44. The zero-order chi connectivity index (χ0) is 16.1. The Hall–Kier alpha value is -2.15. The molecule has 0 aliphatic carbocycles. The second kappa shape index (κ2) is 6.95. The lowest BCUT2D eigenvalue weighted by Crippen LogP contribution is -2.26. The molecule has 0 unspecified atom stereocenters. The highest BCUT2D eigenvalue weighted by atomic mass is 19.1. The first-order chi connectivity index (χ1) is 11.2. The predicted molar refractivity (Wildman–Crippen MR) is 89.3 cm³/mol. The highest BCUT2D eigenvalue weighted by Gasteiger charge is 2.29. The van der Waals surface area contributed by atoms with Crippen LogP contribution in [-0.4, -0.2) is 29.6 Å². The Labute approximate surface area is 136 Å². The van der Waals surface area contributed by atoms with E-state index in [1.54, 1.807) is 12.1 Å². The average Bonchev–Trinajstić information content (AvgIpc) is 3.09. The molecule has 1 heterocycles. The van der Waals surface area contributed by atoms with Crippen molar-refractivity contribution in [2.24, 2.45) is 0 Å². The lowest BCUT2D eigenvalue weighted by molar-refractivity contribution is 0.144. The quantitative estimate of drug-likeness (QED) is 0.881. The summed E-state index contributed by atoms with van der Waals surface area (Å²) in [6.45, 7) is 2.74. The van der Waals surface area contributed by atoms with Crippen molar-refractivity contribution in [1.82, 2.24) is 4.90 Å². The zero-order valence-electron chi connectivity index (χ0n) is 13.0. The standard InChI is InChI=1S/C20H20FNO/c21-19-11-6-10-18(16-19)20(23,17-8-2-1-3-9-17)12-7-15-22-13-4-5-14-22/h1-3,6,8-11,16,23H,4-5,13-15H2/t20-/m0/s1. The van der Waals surface area contributed by atoms with Crippen LogP contribution >= 0.6 is 0 Å². The molecule has 1 aliphatic rings. The number of hydrogen-bond donors (Lipinski definition) is 1. The van der Waals surface area contributed by atoms with Gasteiger partial charge in [-0.15, -0.1) is 0 Å². The summed E-state index contributed by atoms with van der Waals surface area (Å²) in [5.74, 6) is 5.69. The van der Waals surface area contributed by atoms with E-state index in [-0.39, 0.29) is 5.82 Å². The maximum absolute atomic E-state index is 13.6. The fourth-order valence-electron chi connectivity index (χ4n) is 2.92. The van der Waals surface area contributed by atoms with Gasteiger partial charge in [-0.1, -0.05) is 54.3 Å². The zero-order valence-corrected chi connectivity index (χ0v) is 13.0. The molecule has 2 aromatic carbocycles. The monoisotopic (exact) mass is 309 g/mol. The maximum atomic E-state index is 13.6. The first kappa shape index (κ1) is 15.7. The molecular weight excluding hydrogens is 289 g/mol. The maximum Gasteiger partial charge on any atom is 0.177 e. The third-order valence-electron chi connectivity index (χ3n) is 4.20. The Morgan fingerprint density at radius 1 is 1.00 bits per heavy atom. The SMILES string of the molecule is O[C@@](C#CCN1CCCC1)(c1ccccc1)c1cccc(F)c1. The molecular formula is C20H20FNO. The Bertz CT molecular complexity index is 713. The van der Waals surface area contributed by atoms with Crippen LogP contribution < -0.4 is 0 Å². The number of nitrogens with zero attached hydrogens (tertiary/aromatic N) is 1. The molecule has 0 amide bonds. The lowest BCUT2D eigenvalue weighted by Gasteiger charge is -2.24. The fourth-order valence-corrected chi connectivity index (χ4v) is 2.92. The van der Waals surface area contributed by atoms with Crippen molar-refractivity contribution >= 4 is 0 Å². The summed E-state index contributed by atoms with van der Waals surface area (Å²) in [7, 11) is 0. The minimum atomic E-state index is -1.50. The molecule has 3 heteroatoms. The van der Waals surface area contributed by atoms with Gasteiger partial charge in [-0.05, 0) is 38.1 Å². The number of halogens is 1. The molecule has 2 nitrogen and oxygen atoms in total. The van der Waals surface area contributed by atoms with Gasteiger partial charge in [-0.25, -0.2) is 4.39 Å². The topological polar surface area (TPSA) is 23.5 Å². The normalized spacial score (nSPS) is 17.3. The Morgan fingerprint density at radius 3 is 2.39 bits per heavy atom. The molecule has 1 atom stereocenters. The highest BCUT2D eigenvalue weighted by Crippen LogP contribution is 2.29. The number of hydrogen-bond acceptors (Lipinski definition) is 2. The van der Waals surface area contributed by atoms with E-state index < -0.39 is 5.60 Å². The van der Waals surface area contributed by atoms with Crippen LogP contribution in [0.5, 0.6) is 0 Å². The first-order valence-electron chi connectivity index (χ1n) is 7.95. The Morgan fingerprint density at radius 2 is 1.70 bits per heavy atom. The van der Waals surface area contributed by atoms with E-state index in [0.29, 0.717) is 17.7 Å². The second-order valence-corrected chi connectivity index (χ2v) is 5.87. The summed E-state index contributed by atoms with van der Waals surface area (Å²) < 4.78 is 13.6. The minimum absolute atomic E-state index is 0.377. The van der Waals surface area contributed by atoms with Crippen LogP contribution in [-0.2, 0) is 5.60 Å². The molecule has 2 aromatic rings. The van der Waals surface area contributed by atoms with Crippen LogP contribution in [0, 0.1) is 17.7 Å². The van der Waals surface area contributed by atoms with E-state index in [0.717, 1.165) is 13.1 Å². The third-order valence-corrected chi connectivity index (χ3v) is 4.20. The first-order valence-corrected chi connectivity index (χ1v) is 7.95. The van der Waals surface area contributed by atoms with Crippen molar-refractivity contribution in [3.05, 3.63) is 71.5 Å². The van der Waals surface area contributed by atoms with Crippen molar-refractivity contribution in [1.29, 1.82) is 0 Å². The lowest BCUT2D eigenvalue weighted by atomic mass is 9.87. The smallest absolute Gasteiger partial charge is 0.177 e. The Balaban J connectivity index is 1.95. The van der Waals surface area contributed by atoms with Gasteiger partial charge in [0.15, 0.2) is 5.60 Å². The van der Waals surface area contributed by atoms with Gasteiger partial charge in [0.1, 0.15) is 5.82 Å². The molecule has 0 radical (unpaired) electrons. The molecule has 1 N–H and O–H groups in total. The van der Waals surface area contributed by atoms with Crippen molar-refractivity contribution in [2.75, 3.05) is 19.6 Å². The molecule has 1 aliphatic heterocycles. The Kier molecular flexibility index (Phi) is 4.76. The van der Waals surface area contributed by atoms with Gasteiger partial charge in [0, 0.05) is 11.1 Å². The van der Waals surface area contributed by atoms with Crippen molar-refractivity contribution in [3.8, 4) is 11.8 Å². The van der Waals surface area contributed by atoms with Crippen LogP contribution in [0.2, 0.25) is 0 Å². The molecule has 0 spiro atoms. The summed E-state index contributed by atoms with van der Waals surface area (Å²) >= 11 is 0. The summed E-state index contributed by atoms with van der Waals surface area (Å²) in [4.78, 5) is 2.27. The average molecular weight is 309 g/mol. The molecule has 3 rings (SSSR count). The summed E-state index contributed by atoms with van der Waals surface area (Å²) in [5.41, 5.74) is -0.388. The largest absolute Gasteiger partial charge is 0.369 e. The van der Waals surface area contributed by atoms with Crippen molar-refractivity contribution < 1.29 is 9.50 Å². The van der Waals surface area contributed by atoms with E-state index in [1.807, 2.05) is 30.3 Å². The number of benzene rings is 2. The second-order valence-electron chi connectivity index (χ2n) is 5.87. The van der Waals surface area contributed by atoms with Crippen molar-refractivity contribution in [2.45, 2.75) is 18.4 Å². The molecule has 1 saturated heterocycles. The number of aliphatic hydroxyl groups is 1.